The molecular formula is C17H10BrF3N4. The van der Waals surface area contributed by atoms with E-state index in [9.17, 15) is 13.2 Å². The number of nitrogens with zero attached hydrogens (tertiary/aromatic N) is 4. The van der Waals surface area contributed by atoms with Crippen molar-refractivity contribution in [2.24, 2.45) is 0 Å². The van der Waals surface area contributed by atoms with Crippen LogP contribution in [0, 0.1) is 6.92 Å². The van der Waals surface area contributed by atoms with E-state index in [0.29, 0.717) is 15.6 Å². The van der Waals surface area contributed by atoms with E-state index in [1.807, 2.05) is 6.92 Å². The zero-order valence-corrected chi connectivity index (χ0v) is 14.4. The summed E-state index contributed by atoms with van der Waals surface area (Å²) in [5, 5.41) is 7.99. The Bertz CT molecular complexity index is 1100. The Kier molecular flexibility index (Phi) is 3.54. The molecular weight excluding hydrogens is 397 g/mol. The molecule has 0 aliphatic rings. The predicted octanol–water partition coefficient (Wildman–Crippen LogP) is 5.03. The normalized spacial score (nSPS) is 12.2. The molecule has 2 aromatic heterocycles. The first-order valence-corrected chi connectivity index (χ1v) is 8.13. The van der Waals surface area contributed by atoms with Gasteiger partial charge in [0.2, 0.25) is 0 Å². The van der Waals surface area contributed by atoms with Crippen LogP contribution in [0.1, 0.15) is 11.3 Å². The van der Waals surface area contributed by atoms with Crippen LogP contribution in [0.4, 0.5) is 13.2 Å². The summed E-state index contributed by atoms with van der Waals surface area (Å²) in [6.45, 7) is 1.85. The number of aryl methyl sites for hydroxylation is 1. The molecule has 4 nitrogen and oxygen atoms in total. The quantitative estimate of drug-likeness (QED) is 0.445. The Morgan fingerprint density at radius 1 is 1.08 bits per heavy atom. The minimum absolute atomic E-state index is 0.149. The molecule has 0 atom stereocenters. The zero-order valence-electron chi connectivity index (χ0n) is 12.8. The van der Waals surface area contributed by atoms with Crippen LogP contribution in [0.25, 0.3) is 27.8 Å². The van der Waals surface area contributed by atoms with Crippen LogP contribution < -0.4 is 0 Å². The van der Waals surface area contributed by atoms with Crippen molar-refractivity contribution in [2.75, 3.05) is 0 Å². The number of alkyl halides is 3. The lowest BCUT2D eigenvalue weighted by Crippen LogP contribution is -2.12. The number of hydrogen-bond donors (Lipinski definition) is 0. The smallest absolute Gasteiger partial charge is 0.238 e. The van der Waals surface area contributed by atoms with E-state index in [2.05, 4.69) is 31.2 Å². The lowest BCUT2D eigenvalue weighted by molar-refractivity contribution is -0.139. The Hall–Kier alpha value is -2.48. The fourth-order valence-electron chi connectivity index (χ4n) is 2.80. The molecule has 0 aliphatic heterocycles. The Balaban J connectivity index is 2.20. The minimum atomic E-state index is -4.63. The summed E-state index contributed by atoms with van der Waals surface area (Å²) in [6.07, 6.45) is -4.63. The van der Waals surface area contributed by atoms with Gasteiger partial charge in [-0.25, -0.2) is 9.50 Å². The third-order valence-electron chi connectivity index (χ3n) is 3.85. The maximum Gasteiger partial charge on any atom is 0.435 e. The predicted molar refractivity (Wildman–Crippen MR) is 91.2 cm³/mol. The van der Waals surface area contributed by atoms with Crippen molar-refractivity contribution in [3.05, 3.63) is 58.2 Å². The average molecular weight is 407 g/mol. The molecule has 126 valence electrons. The largest absolute Gasteiger partial charge is 0.435 e. The number of fused-ring (bicyclic) bond motifs is 3. The van der Waals surface area contributed by atoms with Gasteiger partial charge in [0.05, 0.1) is 5.52 Å². The molecule has 4 aromatic rings. The topological polar surface area (TPSA) is 43.1 Å². The van der Waals surface area contributed by atoms with Gasteiger partial charge in [0.1, 0.15) is 16.7 Å². The van der Waals surface area contributed by atoms with Crippen LogP contribution in [0.3, 0.4) is 0 Å². The molecule has 0 amide bonds. The molecule has 4 rings (SSSR count). The summed E-state index contributed by atoms with van der Waals surface area (Å²) in [5.74, 6) is 0. The molecule has 0 bridgehead atoms. The molecule has 0 unspecified atom stereocenters. The first kappa shape index (κ1) is 16.0. The summed E-state index contributed by atoms with van der Waals surface area (Å²) in [5.41, 5.74) is 1.08. The Labute approximate surface area is 148 Å². The van der Waals surface area contributed by atoms with Gasteiger partial charge in [0.15, 0.2) is 5.69 Å². The number of halogens is 4. The summed E-state index contributed by atoms with van der Waals surface area (Å²) < 4.78 is 42.7. The third-order valence-corrected chi connectivity index (χ3v) is 4.45. The van der Waals surface area contributed by atoms with Gasteiger partial charge in [-0.15, -0.1) is 5.10 Å². The van der Waals surface area contributed by atoms with Crippen molar-refractivity contribution in [3.63, 3.8) is 0 Å². The molecule has 25 heavy (non-hydrogen) atoms. The summed E-state index contributed by atoms with van der Waals surface area (Å²) in [7, 11) is 0. The molecule has 2 aromatic carbocycles. The van der Waals surface area contributed by atoms with Crippen LogP contribution in [-0.2, 0) is 6.18 Å². The van der Waals surface area contributed by atoms with Crippen molar-refractivity contribution in [3.8, 4) is 11.3 Å². The van der Waals surface area contributed by atoms with E-state index in [4.69, 9.17) is 0 Å². The highest BCUT2D eigenvalue weighted by Crippen LogP contribution is 2.37. The second-order valence-electron chi connectivity index (χ2n) is 5.64. The summed E-state index contributed by atoms with van der Waals surface area (Å²) in [4.78, 5) is 3.90. The van der Waals surface area contributed by atoms with E-state index in [0.717, 1.165) is 5.56 Å². The van der Waals surface area contributed by atoms with Crippen molar-refractivity contribution in [1.82, 2.24) is 19.8 Å². The first-order valence-electron chi connectivity index (χ1n) is 7.34. The molecule has 0 saturated carbocycles. The summed E-state index contributed by atoms with van der Waals surface area (Å²) in [6, 6.07) is 12.1. The van der Waals surface area contributed by atoms with E-state index in [-0.39, 0.29) is 16.7 Å². The second-order valence-corrected chi connectivity index (χ2v) is 6.49. The van der Waals surface area contributed by atoms with Crippen LogP contribution in [0.2, 0.25) is 0 Å². The molecule has 0 aliphatic carbocycles. The van der Waals surface area contributed by atoms with Crippen LogP contribution in [-0.4, -0.2) is 19.8 Å². The lowest BCUT2D eigenvalue weighted by atomic mass is 10.1. The van der Waals surface area contributed by atoms with Gasteiger partial charge in [0, 0.05) is 10.0 Å². The van der Waals surface area contributed by atoms with Crippen LogP contribution >= 0.6 is 15.9 Å². The first-order chi connectivity index (χ1) is 11.9. The highest BCUT2D eigenvalue weighted by molar-refractivity contribution is 9.10. The molecule has 0 N–H and O–H groups in total. The van der Waals surface area contributed by atoms with Crippen LogP contribution in [0.15, 0.2) is 46.9 Å². The molecule has 2 heterocycles. The number of benzene rings is 2. The van der Waals surface area contributed by atoms with Crippen LogP contribution in [0.5, 0.6) is 0 Å². The second kappa shape index (κ2) is 5.52. The third kappa shape index (κ3) is 2.57. The number of hydrogen-bond acceptors (Lipinski definition) is 3. The Morgan fingerprint density at radius 2 is 1.80 bits per heavy atom. The van der Waals surface area contributed by atoms with E-state index in [1.54, 1.807) is 42.5 Å². The van der Waals surface area contributed by atoms with Crippen molar-refractivity contribution in [1.29, 1.82) is 0 Å². The van der Waals surface area contributed by atoms with Gasteiger partial charge in [-0.2, -0.15) is 13.2 Å². The van der Waals surface area contributed by atoms with Gasteiger partial charge in [0.25, 0.3) is 0 Å². The van der Waals surface area contributed by atoms with E-state index < -0.39 is 11.9 Å². The zero-order chi connectivity index (χ0) is 17.8. The van der Waals surface area contributed by atoms with Gasteiger partial charge in [-0.3, -0.25) is 0 Å². The van der Waals surface area contributed by atoms with Crippen molar-refractivity contribution < 1.29 is 13.2 Å². The van der Waals surface area contributed by atoms with Gasteiger partial charge in [-0.05, 0) is 40.5 Å². The fraction of sp³-hybridized carbons (Fsp3) is 0.118. The maximum atomic E-state index is 13.7. The average Bonchev–Trinajstić information content (AvgIpc) is 2.99. The van der Waals surface area contributed by atoms with Gasteiger partial charge in [-0.1, -0.05) is 35.5 Å². The number of rotatable bonds is 1. The molecule has 0 saturated heterocycles. The van der Waals surface area contributed by atoms with E-state index in [1.165, 1.54) is 4.52 Å². The minimum Gasteiger partial charge on any atom is -0.238 e. The van der Waals surface area contributed by atoms with Gasteiger partial charge < -0.3 is 0 Å². The summed E-state index contributed by atoms with van der Waals surface area (Å²) >= 11 is 3.29. The SMILES string of the molecule is Cc1cc(Br)c2nc(C(F)(F)F)c3c(-c4ccccc4)nnn3c2c1. The highest BCUT2D eigenvalue weighted by atomic mass is 79.9. The molecule has 0 fully saturated rings. The maximum absolute atomic E-state index is 13.7. The van der Waals surface area contributed by atoms with E-state index >= 15 is 0 Å². The molecule has 0 spiro atoms. The standard InChI is InChI=1S/C17H10BrF3N4/c1-9-7-11(18)14-12(8-9)25-15(16(22-14)17(19,20)21)13(23-24-25)10-5-3-2-4-6-10/h2-8H,1H3. The fourth-order valence-corrected chi connectivity index (χ4v) is 3.46. The highest BCUT2D eigenvalue weighted by Gasteiger charge is 2.38. The van der Waals surface area contributed by atoms with Crippen molar-refractivity contribution in [2.45, 2.75) is 13.1 Å². The van der Waals surface area contributed by atoms with Gasteiger partial charge >= 0.3 is 6.18 Å². The molecule has 8 heteroatoms. The molecule has 0 radical (unpaired) electrons. The monoisotopic (exact) mass is 406 g/mol. The van der Waals surface area contributed by atoms with Crippen molar-refractivity contribution >= 4 is 32.5 Å². The number of aromatic nitrogens is 4. The lowest BCUT2D eigenvalue weighted by Gasteiger charge is -2.12. The Morgan fingerprint density at radius 3 is 2.48 bits per heavy atom.